The Morgan fingerprint density at radius 3 is 2.17 bits per heavy atom. The van der Waals surface area contributed by atoms with Gasteiger partial charge in [-0.1, -0.05) is 0 Å². The normalized spacial score (nSPS) is 10.2. The van der Waals surface area contributed by atoms with Crippen molar-refractivity contribution in [2.24, 2.45) is 0 Å². The van der Waals surface area contributed by atoms with E-state index < -0.39 is 5.97 Å². The van der Waals surface area contributed by atoms with Gasteiger partial charge in [-0.2, -0.15) is 0 Å². The summed E-state index contributed by atoms with van der Waals surface area (Å²) in [6.45, 7) is 1.34. The van der Waals surface area contributed by atoms with Gasteiger partial charge in [0, 0.05) is 11.1 Å². The average Bonchev–Trinajstić information content (AvgIpc) is 3.05. The van der Waals surface area contributed by atoms with Crippen LogP contribution in [0.2, 0.25) is 0 Å². The molecule has 0 unspecified atom stereocenters. The second-order valence-corrected chi connectivity index (χ2v) is 5.85. The first-order chi connectivity index (χ1) is 11.4. The lowest BCUT2D eigenvalue weighted by molar-refractivity contribution is 0.0606. The van der Waals surface area contributed by atoms with Crippen LogP contribution in [0.15, 0.2) is 24.3 Å². The van der Waals surface area contributed by atoms with Crippen LogP contribution >= 0.6 is 11.3 Å². The number of carbonyl (C=O) groups is 3. The summed E-state index contributed by atoms with van der Waals surface area (Å²) in [5.41, 5.74) is 0.522. The highest BCUT2D eigenvalue weighted by atomic mass is 32.1. The lowest BCUT2D eigenvalue weighted by Gasteiger charge is -2.09. The van der Waals surface area contributed by atoms with Gasteiger partial charge >= 0.3 is 5.97 Å². The first-order valence-corrected chi connectivity index (χ1v) is 7.74. The molecule has 126 valence electrons. The molecule has 0 aliphatic heterocycles. The van der Waals surface area contributed by atoms with E-state index in [9.17, 15) is 14.4 Å². The van der Waals surface area contributed by atoms with Gasteiger partial charge in [0.15, 0.2) is 17.3 Å². The molecule has 0 radical (unpaired) electrons. The van der Waals surface area contributed by atoms with Gasteiger partial charge in [0.25, 0.3) is 0 Å². The number of hydrogen-bond acceptors (Lipinski definition) is 7. The Balaban J connectivity index is 2.51. The molecule has 2 rings (SSSR count). The summed E-state index contributed by atoms with van der Waals surface area (Å²) in [6, 6.07) is 6.09. The Hall–Kier alpha value is -2.67. The number of ether oxygens (including phenoxy) is 3. The molecule has 1 heterocycles. The predicted octanol–water partition coefficient (Wildman–Crippen LogP) is 2.99. The number of hydrogen-bond donors (Lipinski definition) is 0. The summed E-state index contributed by atoms with van der Waals surface area (Å²) >= 11 is 0.930. The number of thiophene rings is 1. The minimum absolute atomic E-state index is 0.190. The molecule has 0 aliphatic rings. The van der Waals surface area contributed by atoms with Crippen molar-refractivity contribution in [2.45, 2.75) is 6.92 Å². The predicted molar refractivity (Wildman–Crippen MR) is 88.6 cm³/mol. The second-order valence-electron chi connectivity index (χ2n) is 4.80. The van der Waals surface area contributed by atoms with Gasteiger partial charge in [-0.3, -0.25) is 9.59 Å². The number of methoxy groups -OCH3 is 3. The van der Waals surface area contributed by atoms with Gasteiger partial charge in [-0.15, -0.1) is 11.3 Å². The highest BCUT2D eigenvalue weighted by Gasteiger charge is 2.24. The fourth-order valence-electron chi connectivity index (χ4n) is 2.13. The largest absolute Gasteiger partial charge is 0.493 e. The van der Waals surface area contributed by atoms with Crippen LogP contribution in [0.5, 0.6) is 11.5 Å². The highest BCUT2D eigenvalue weighted by Crippen LogP contribution is 2.31. The topological polar surface area (TPSA) is 78.9 Å². The molecule has 0 aliphatic carbocycles. The number of esters is 1. The molecular weight excluding hydrogens is 332 g/mol. The van der Waals surface area contributed by atoms with E-state index in [2.05, 4.69) is 4.74 Å². The maximum atomic E-state index is 12.8. The monoisotopic (exact) mass is 348 g/mol. The van der Waals surface area contributed by atoms with Crippen molar-refractivity contribution in [3.63, 3.8) is 0 Å². The maximum Gasteiger partial charge on any atom is 0.348 e. The van der Waals surface area contributed by atoms with Gasteiger partial charge in [0.1, 0.15) is 4.88 Å². The average molecular weight is 348 g/mol. The zero-order chi connectivity index (χ0) is 17.9. The lowest BCUT2D eigenvalue weighted by Crippen LogP contribution is -2.05. The van der Waals surface area contributed by atoms with Gasteiger partial charge in [-0.25, -0.2) is 4.79 Å². The van der Waals surface area contributed by atoms with Gasteiger partial charge in [-0.05, 0) is 31.2 Å². The third kappa shape index (κ3) is 3.30. The molecule has 0 fully saturated rings. The smallest absolute Gasteiger partial charge is 0.348 e. The second kappa shape index (κ2) is 7.27. The van der Waals surface area contributed by atoms with Crippen LogP contribution in [0.25, 0.3) is 0 Å². The summed E-state index contributed by atoms with van der Waals surface area (Å²) in [5.74, 6) is -0.375. The number of Topliss-reactive ketones (excluding diaryl/α,β-unsaturated/α-hetero) is 1. The van der Waals surface area contributed by atoms with E-state index in [4.69, 9.17) is 9.47 Å². The highest BCUT2D eigenvalue weighted by molar-refractivity contribution is 7.16. The summed E-state index contributed by atoms with van der Waals surface area (Å²) in [7, 11) is 4.20. The van der Waals surface area contributed by atoms with Crippen LogP contribution < -0.4 is 9.47 Å². The molecule has 0 spiro atoms. The van der Waals surface area contributed by atoms with Gasteiger partial charge < -0.3 is 14.2 Å². The number of ketones is 2. The van der Waals surface area contributed by atoms with Crippen molar-refractivity contribution in [3.05, 3.63) is 45.1 Å². The van der Waals surface area contributed by atoms with Crippen molar-refractivity contribution in [1.82, 2.24) is 0 Å². The zero-order valence-corrected chi connectivity index (χ0v) is 14.5. The Kier molecular flexibility index (Phi) is 5.35. The third-order valence-corrected chi connectivity index (χ3v) is 4.46. The SMILES string of the molecule is COC(=O)c1cc(C(C)=O)c(C(=O)c2ccc(OC)c(OC)c2)s1. The van der Waals surface area contributed by atoms with Crippen LogP contribution in [-0.4, -0.2) is 38.9 Å². The molecule has 2 aromatic rings. The van der Waals surface area contributed by atoms with Crippen molar-refractivity contribution >= 4 is 28.9 Å². The van der Waals surface area contributed by atoms with E-state index in [-0.39, 0.29) is 26.9 Å². The van der Waals surface area contributed by atoms with Gasteiger partial charge in [0.05, 0.1) is 26.2 Å². The standard InChI is InChI=1S/C17H16O6S/c1-9(18)11-8-14(17(20)23-4)24-16(11)15(19)10-5-6-12(21-2)13(7-10)22-3/h5-8H,1-4H3. The van der Waals surface area contributed by atoms with Crippen LogP contribution in [0.4, 0.5) is 0 Å². The molecule has 1 aromatic carbocycles. The van der Waals surface area contributed by atoms with Gasteiger partial charge in [0.2, 0.25) is 5.78 Å². The van der Waals surface area contributed by atoms with E-state index in [1.165, 1.54) is 40.4 Å². The van der Waals surface area contributed by atoms with E-state index in [1.807, 2.05) is 0 Å². The quantitative estimate of drug-likeness (QED) is 0.590. The molecule has 0 atom stereocenters. The van der Waals surface area contributed by atoms with E-state index in [0.717, 1.165) is 11.3 Å². The fraction of sp³-hybridized carbons (Fsp3) is 0.235. The Morgan fingerprint density at radius 1 is 0.958 bits per heavy atom. The number of benzene rings is 1. The van der Waals surface area contributed by atoms with Crippen molar-refractivity contribution in [2.75, 3.05) is 21.3 Å². The summed E-state index contributed by atoms with van der Waals surface area (Å²) in [4.78, 5) is 36.6. The zero-order valence-electron chi connectivity index (χ0n) is 13.7. The molecule has 1 aromatic heterocycles. The van der Waals surface area contributed by atoms with Crippen LogP contribution in [0.3, 0.4) is 0 Å². The molecule has 0 saturated carbocycles. The summed E-state index contributed by atoms with van der Waals surface area (Å²) in [6.07, 6.45) is 0. The summed E-state index contributed by atoms with van der Waals surface area (Å²) < 4.78 is 15.0. The van der Waals surface area contributed by atoms with Crippen LogP contribution in [-0.2, 0) is 4.74 Å². The Labute approximate surface area is 143 Å². The molecule has 0 bridgehead atoms. The minimum Gasteiger partial charge on any atom is -0.493 e. The molecule has 6 nitrogen and oxygen atoms in total. The Bertz CT molecular complexity index is 805. The molecule has 7 heteroatoms. The minimum atomic E-state index is -0.589. The van der Waals surface area contributed by atoms with E-state index in [1.54, 1.807) is 12.1 Å². The van der Waals surface area contributed by atoms with Crippen molar-refractivity contribution in [1.29, 1.82) is 0 Å². The summed E-state index contributed by atoms with van der Waals surface area (Å²) in [5, 5.41) is 0. The lowest BCUT2D eigenvalue weighted by atomic mass is 10.0. The first-order valence-electron chi connectivity index (χ1n) is 6.92. The maximum absolute atomic E-state index is 12.8. The molecular formula is C17H16O6S. The number of rotatable bonds is 6. The first kappa shape index (κ1) is 17.7. The molecule has 0 saturated heterocycles. The number of carbonyl (C=O) groups excluding carboxylic acids is 3. The van der Waals surface area contributed by atoms with Crippen LogP contribution in [0, 0.1) is 0 Å². The van der Waals surface area contributed by atoms with E-state index in [0.29, 0.717) is 17.1 Å². The van der Waals surface area contributed by atoms with Crippen LogP contribution in [0.1, 0.15) is 42.2 Å². The van der Waals surface area contributed by atoms with E-state index >= 15 is 0 Å². The fourth-order valence-corrected chi connectivity index (χ4v) is 3.22. The molecule has 0 amide bonds. The third-order valence-electron chi connectivity index (χ3n) is 3.35. The van der Waals surface area contributed by atoms with Crippen molar-refractivity contribution in [3.8, 4) is 11.5 Å². The Morgan fingerprint density at radius 2 is 1.62 bits per heavy atom. The molecule has 24 heavy (non-hydrogen) atoms. The molecule has 0 N–H and O–H groups in total. The van der Waals surface area contributed by atoms with Crippen molar-refractivity contribution < 1.29 is 28.6 Å².